The van der Waals surface area contributed by atoms with Crippen molar-refractivity contribution in [2.75, 3.05) is 24.2 Å². The molecule has 1 aliphatic heterocycles. The minimum Gasteiger partial charge on any atom is -0.370 e. The maximum Gasteiger partial charge on any atom is 0.177 e. The minimum atomic E-state index is -3.19. The van der Waals surface area contributed by atoms with Crippen molar-refractivity contribution >= 4 is 15.5 Å². The zero-order chi connectivity index (χ0) is 15.0. The monoisotopic (exact) mass is 295 g/mol. The summed E-state index contributed by atoms with van der Waals surface area (Å²) in [7, 11) is -3.19. The van der Waals surface area contributed by atoms with Crippen molar-refractivity contribution in [1.29, 1.82) is 0 Å². The normalized spacial score (nSPS) is 17.3. The Morgan fingerprint density at radius 1 is 1.05 bits per heavy atom. The fourth-order valence-corrected chi connectivity index (χ4v) is 3.56. The second kappa shape index (κ2) is 5.40. The van der Waals surface area contributed by atoms with Crippen molar-refractivity contribution in [2.24, 2.45) is 0 Å². The minimum absolute atomic E-state index is 0.0283. The molecule has 3 nitrogen and oxygen atoms in total. The molecule has 1 saturated heterocycles. The maximum absolute atomic E-state index is 12.0. The van der Waals surface area contributed by atoms with E-state index in [9.17, 15) is 8.42 Å². The number of nitrogens with zero attached hydrogens (tertiary/aromatic N) is 1. The van der Waals surface area contributed by atoms with Crippen LogP contribution >= 0.6 is 0 Å². The molecule has 2 rings (SSSR count). The highest BCUT2D eigenvalue weighted by molar-refractivity contribution is 7.90. The molecular formula is C16H25NO2S. The predicted molar refractivity (Wildman–Crippen MR) is 84.3 cm³/mol. The topological polar surface area (TPSA) is 37.4 Å². The largest absolute Gasteiger partial charge is 0.370 e. The van der Waals surface area contributed by atoms with Crippen LogP contribution in [0.1, 0.15) is 45.6 Å². The first kappa shape index (κ1) is 15.4. The molecule has 1 heterocycles. The van der Waals surface area contributed by atoms with Gasteiger partial charge < -0.3 is 4.90 Å². The number of rotatable bonds is 2. The molecule has 0 aliphatic carbocycles. The van der Waals surface area contributed by atoms with E-state index in [4.69, 9.17) is 0 Å². The quantitative estimate of drug-likeness (QED) is 0.839. The molecule has 0 aromatic heterocycles. The van der Waals surface area contributed by atoms with Crippen LogP contribution in [0.2, 0.25) is 0 Å². The third-order valence-corrected chi connectivity index (χ3v) is 5.07. The lowest BCUT2D eigenvalue weighted by molar-refractivity contribution is 0.566. The van der Waals surface area contributed by atoms with Crippen molar-refractivity contribution in [3.63, 3.8) is 0 Å². The smallest absolute Gasteiger partial charge is 0.177 e. The molecule has 0 saturated carbocycles. The standard InChI is InChI=1S/C16H25NO2S/c1-16(2,3)13-8-9-15(20(4,18)19)14(12-13)17-10-6-5-7-11-17/h8-9,12H,5-7,10-11H2,1-4H3. The van der Waals surface area contributed by atoms with Gasteiger partial charge in [-0.05, 0) is 42.4 Å². The number of hydrogen-bond acceptors (Lipinski definition) is 3. The van der Waals surface area contributed by atoms with Crippen LogP contribution in [0.25, 0.3) is 0 Å². The van der Waals surface area contributed by atoms with E-state index in [2.05, 4.69) is 31.7 Å². The van der Waals surface area contributed by atoms with Gasteiger partial charge in [0.1, 0.15) is 0 Å². The summed E-state index contributed by atoms with van der Waals surface area (Å²) in [6.45, 7) is 8.37. The van der Waals surface area contributed by atoms with E-state index in [1.165, 1.54) is 18.2 Å². The summed E-state index contributed by atoms with van der Waals surface area (Å²) in [6.07, 6.45) is 4.82. The van der Waals surface area contributed by atoms with Crippen LogP contribution in [0.3, 0.4) is 0 Å². The van der Waals surface area contributed by atoms with Gasteiger partial charge in [0.25, 0.3) is 0 Å². The second-order valence-electron chi connectivity index (χ2n) is 6.75. The Morgan fingerprint density at radius 2 is 1.65 bits per heavy atom. The third-order valence-electron chi connectivity index (χ3n) is 3.92. The van der Waals surface area contributed by atoms with Gasteiger partial charge in [-0.3, -0.25) is 0 Å². The van der Waals surface area contributed by atoms with Crippen molar-refractivity contribution in [1.82, 2.24) is 0 Å². The average Bonchev–Trinajstić information content (AvgIpc) is 2.37. The van der Waals surface area contributed by atoms with Crippen LogP contribution in [0, 0.1) is 0 Å². The third kappa shape index (κ3) is 3.35. The Bertz CT molecular complexity index is 579. The number of sulfone groups is 1. The Morgan fingerprint density at radius 3 is 2.15 bits per heavy atom. The first-order valence-corrected chi connectivity index (χ1v) is 9.18. The van der Waals surface area contributed by atoms with E-state index in [0.717, 1.165) is 31.6 Å². The van der Waals surface area contributed by atoms with E-state index >= 15 is 0 Å². The molecule has 0 radical (unpaired) electrons. The van der Waals surface area contributed by atoms with Crippen molar-refractivity contribution in [2.45, 2.75) is 50.3 Å². The molecule has 1 aliphatic rings. The van der Waals surface area contributed by atoms with Crippen LogP contribution in [-0.2, 0) is 15.3 Å². The lowest BCUT2D eigenvalue weighted by atomic mass is 9.86. The van der Waals surface area contributed by atoms with Gasteiger partial charge in [0.2, 0.25) is 0 Å². The Labute approximate surface area is 122 Å². The molecule has 0 unspecified atom stereocenters. The molecule has 112 valence electrons. The SMILES string of the molecule is CC(C)(C)c1ccc(S(C)(=O)=O)c(N2CCCCC2)c1. The van der Waals surface area contributed by atoms with Crippen LogP contribution in [0.5, 0.6) is 0 Å². The zero-order valence-electron chi connectivity index (χ0n) is 12.9. The Hall–Kier alpha value is -1.03. The van der Waals surface area contributed by atoms with E-state index in [1.54, 1.807) is 6.07 Å². The van der Waals surface area contributed by atoms with Gasteiger partial charge >= 0.3 is 0 Å². The highest BCUT2D eigenvalue weighted by Gasteiger charge is 2.23. The summed E-state index contributed by atoms with van der Waals surface area (Å²) in [5, 5.41) is 0. The molecule has 4 heteroatoms. The Kier molecular flexibility index (Phi) is 4.14. The number of piperidine rings is 1. The van der Waals surface area contributed by atoms with E-state index in [0.29, 0.717) is 4.90 Å². The highest BCUT2D eigenvalue weighted by atomic mass is 32.2. The summed E-state index contributed by atoms with van der Waals surface area (Å²) < 4.78 is 24.1. The van der Waals surface area contributed by atoms with Crippen molar-refractivity contribution < 1.29 is 8.42 Å². The van der Waals surface area contributed by atoms with Gasteiger partial charge in [-0.15, -0.1) is 0 Å². The maximum atomic E-state index is 12.0. The van der Waals surface area contributed by atoms with Gasteiger partial charge in [-0.1, -0.05) is 26.8 Å². The number of anilines is 1. The average molecular weight is 295 g/mol. The second-order valence-corrected chi connectivity index (χ2v) is 8.74. The van der Waals surface area contributed by atoms with Gasteiger partial charge in [-0.2, -0.15) is 0 Å². The lowest BCUT2D eigenvalue weighted by Crippen LogP contribution is -2.31. The summed E-state index contributed by atoms with van der Waals surface area (Å²) in [5.41, 5.74) is 2.10. The van der Waals surface area contributed by atoms with Gasteiger partial charge in [-0.25, -0.2) is 8.42 Å². The molecule has 0 atom stereocenters. The van der Waals surface area contributed by atoms with E-state index in [1.807, 2.05) is 6.07 Å². The molecule has 1 aromatic carbocycles. The van der Waals surface area contributed by atoms with Gasteiger partial charge in [0.15, 0.2) is 9.84 Å². The van der Waals surface area contributed by atoms with Gasteiger partial charge in [0.05, 0.1) is 10.6 Å². The van der Waals surface area contributed by atoms with Crippen molar-refractivity contribution in [3.05, 3.63) is 23.8 Å². The van der Waals surface area contributed by atoms with Gasteiger partial charge in [0, 0.05) is 19.3 Å². The predicted octanol–water partition coefficient (Wildman–Crippen LogP) is 3.38. The summed E-state index contributed by atoms with van der Waals surface area (Å²) in [4.78, 5) is 2.70. The molecule has 1 aromatic rings. The molecular weight excluding hydrogens is 270 g/mol. The van der Waals surface area contributed by atoms with Crippen molar-refractivity contribution in [3.8, 4) is 0 Å². The van der Waals surface area contributed by atoms with Crippen LogP contribution in [-0.4, -0.2) is 27.8 Å². The van der Waals surface area contributed by atoms with E-state index in [-0.39, 0.29) is 5.41 Å². The molecule has 0 bridgehead atoms. The zero-order valence-corrected chi connectivity index (χ0v) is 13.8. The summed E-state index contributed by atoms with van der Waals surface area (Å²) in [5.74, 6) is 0. The number of benzene rings is 1. The fourth-order valence-electron chi connectivity index (χ4n) is 2.68. The molecule has 20 heavy (non-hydrogen) atoms. The first-order valence-electron chi connectivity index (χ1n) is 7.29. The summed E-state index contributed by atoms with van der Waals surface area (Å²) >= 11 is 0. The summed E-state index contributed by atoms with van der Waals surface area (Å²) in [6, 6.07) is 5.80. The molecule has 0 spiro atoms. The molecule has 0 N–H and O–H groups in total. The van der Waals surface area contributed by atoms with E-state index < -0.39 is 9.84 Å². The first-order chi connectivity index (χ1) is 9.19. The highest BCUT2D eigenvalue weighted by Crippen LogP contribution is 2.33. The fraction of sp³-hybridized carbons (Fsp3) is 0.625. The Balaban J connectivity index is 2.53. The number of hydrogen-bond donors (Lipinski definition) is 0. The van der Waals surface area contributed by atoms with Crippen LogP contribution in [0.15, 0.2) is 23.1 Å². The lowest BCUT2D eigenvalue weighted by Gasteiger charge is -2.32. The molecule has 0 amide bonds. The van der Waals surface area contributed by atoms with Crippen LogP contribution < -0.4 is 4.90 Å². The van der Waals surface area contributed by atoms with Crippen LogP contribution in [0.4, 0.5) is 5.69 Å². The molecule has 1 fully saturated rings.